The number of thiophene rings is 1. The zero-order valence-electron chi connectivity index (χ0n) is 12.1. The smallest absolute Gasteiger partial charge is 0.248 e. The molecule has 2 aromatic heterocycles. The quantitative estimate of drug-likeness (QED) is 0.694. The van der Waals surface area contributed by atoms with Crippen molar-refractivity contribution in [2.24, 2.45) is 7.05 Å². The van der Waals surface area contributed by atoms with Crippen molar-refractivity contribution in [3.05, 3.63) is 51.1 Å². The molecule has 0 aliphatic heterocycles. The minimum absolute atomic E-state index is 0.192. The maximum atomic E-state index is 12.0. The zero-order chi connectivity index (χ0) is 16.2. The number of benzene rings is 1. The Labute approximate surface area is 145 Å². The van der Waals surface area contributed by atoms with Gasteiger partial charge in [-0.05, 0) is 56.7 Å². The Morgan fingerprint density at radius 3 is 2.91 bits per heavy atom. The number of nitrogens with one attached hydrogen (secondary N) is 1. The minimum Gasteiger partial charge on any atom is -0.322 e. The lowest BCUT2D eigenvalue weighted by Crippen LogP contribution is -2.07. The average molecular weight is 390 g/mol. The highest BCUT2D eigenvalue weighted by Gasteiger charge is 2.07. The third kappa shape index (κ3) is 3.91. The number of carbonyl (C=O) groups is 1. The molecule has 1 amide bonds. The summed E-state index contributed by atoms with van der Waals surface area (Å²) in [5.41, 5.74) is 1.52. The second kappa shape index (κ2) is 6.84. The van der Waals surface area contributed by atoms with Crippen LogP contribution in [-0.2, 0) is 11.8 Å². The summed E-state index contributed by atoms with van der Waals surface area (Å²) in [7, 11) is 1.77. The highest BCUT2D eigenvalue weighted by molar-refractivity contribution is 9.11. The number of carbonyl (C=O) groups excluding carboxylic acids is 1. The Kier molecular flexibility index (Phi) is 4.63. The van der Waals surface area contributed by atoms with Crippen LogP contribution in [0.15, 0.2) is 46.3 Å². The summed E-state index contributed by atoms with van der Waals surface area (Å²) in [6.45, 7) is 0. The van der Waals surface area contributed by atoms with Gasteiger partial charge in [0, 0.05) is 29.3 Å². The molecule has 23 heavy (non-hydrogen) atoms. The van der Waals surface area contributed by atoms with Gasteiger partial charge in [0.2, 0.25) is 5.91 Å². The molecule has 3 aromatic rings. The fourth-order valence-corrected chi connectivity index (χ4v) is 3.30. The molecule has 0 fully saturated rings. The monoisotopic (exact) mass is 389 g/mol. The van der Waals surface area contributed by atoms with Crippen molar-refractivity contribution in [3.8, 4) is 11.4 Å². The molecule has 0 bridgehead atoms. The van der Waals surface area contributed by atoms with Gasteiger partial charge in [-0.2, -0.15) is 0 Å². The van der Waals surface area contributed by atoms with Crippen molar-refractivity contribution in [2.45, 2.75) is 0 Å². The van der Waals surface area contributed by atoms with Crippen molar-refractivity contribution < 1.29 is 4.79 Å². The molecule has 0 radical (unpaired) electrons. The Hall–Kier alpha value is -2.32. The highest BCUT2D eigenvalue weighted by Crippen LogP contribution is 2.23. The van der Waals surface area contributed by atoms with Gasteiger partial charge in [-0.15, -0.1) is 16.4 Å². The van der Waals surface area contributed by atoms with Crippen LogP contribution in [0.2, 0.25) is 0 Å². The van der Waals surface area contributed by atoms with E-state index in [0.29, 0.717) is 11.5 Å². The second-order valence-electron chi connectivity index (χ2n) is 4.67. The third-order valence-electron chi connectivity index (χ3n) is 3.00. The van der Waals surface area contributed by atoms with Crippen molar-refractivity contribution >= 4 is 44.9 Å². The van der Waals surface area contributed by atoms with E-state index < -0.39 is 0 Å². The average Bonchev–Trinajstić information content (AvgIpc) is 3.14. The van der Waals surface area contributed by atoms with Gasteiger partial charge < -0.3 is 5.32 Å². The predicted octanol–water partition coefficient (Wildman–Crippen LogP) is 3.35. The van der Waals surface area contributed by atoms with E-state index in [2.05, 4.69) is 36.8 Å². The van der Waals surface area contributed by atoms with Gasteiger partial charge in [0.05, 0.1) is 3.79 Å². The first-order valence-corrected chi connectivity index (χ1v) is 8.30. The van der Waals surface area contributed by atoms with Crippen LogP contribution < -0.4 is 5.32 Å². The predicted molar refractivity (Wildman–Crippen MR) is 93.9 cm³/mol. The van der Waals surface area contributed by atoms with Crippen LogP contribution in [0.1, 0.15) is 4.88 Å². The molecule has 2 heterocycles. The standard InChI is InChI=1S/C15H12BrN5OS/c1-21-15(18-19-20-21)10-3-2-4-11(9-10)17-14(22)8-6-12-5-7-13(16)23-12/h2-9H,1H3,(H,17,22)/b8-6+. The van der Waals surface area contributed by atoms with Gasteiger partial charge in [-0.1, -0.05) is 12.1 Å². The first-order valence-electron chi connectivity index (χ1n) is 6.69. The van der Waals surface area contributed by atoms with Gasteiger partial charge >= 0.3 is 0 Å². The molecule has 1 N–H and O–H groups in total. The normalized spacial score (nSPS) is 11.0. The summed E-state index contributed by atoms with van der Waals surface area (Å²) >= 11 is 4.95. The maximum Gasteiger partial charge on any atom is 0.248 e. The summed E-state index contributed by atoms with van der Waals surface area (Å²) < 4.78 is 2.61. The number of rotatable bonds is 4. The molecular weight excluding hydrogens is 378 g/mol. The largest absolute Gasteiger partial charge is 0.322 e. The Morgan fingerprint density at radius 2 is 2.22 bits per heavy atom. The molecule has 0 unspecified atom stereocenters. The number of hydrogen-bond acceptors (Lipinski definition) is 5. The van der Waals surface area contributed by atoms with Gasteiger partial charge in [0.25, 0.3) is 0 Å². The van der Waals surface area contributed by atoms with Crippen molar-refractivity contribution in [2.75, 3.05) is 5.32 Å². The lowest BCUT2D eigenvalue weighted by Gasteiger charge is -2.04. The molecule has 0 aliphatic rings. The molecule has 3 rings (SSSR count). The van der Waals surface area contributed by atoms with Crippen molar-refractivity contribution in [1.29, 1.82) is 0 Å². The van der Waals surface area contributed by atoms with Crippen LogP contribution in [0.3, 0.4) is 0 Å². The van der Waals surface area contributed by atoms with E-state index in [1.54, 1.807) is 29.1 Å². The minimum atomic E-state index is -0.192. The van der Waals surface area contributed by atoms with Crippen molar-refractivity contribution in [1.82, 2.24) is 20.2 Å². The van der Waals surface area contributed by atoms with Crippen molar-refractivity contribution in [3.63, 3.8) is 0 Å². The number of anilines is 1. The topological polar surface area (TPSA) is 72.7 Å². The number of tetrazole rings is 1. The Bertz CT molecular complexity index is 870. The number of aryl methyl sites for hydroxylation is 1. The lowest BCUT2D eigenvalue weighted by molar-refractivity contribution is -0.111. The van der Waals surface area contributed by atoms with E-state index in [9.17, 15) is 4.79 Å². The van der Waals surface area contributed by atoms with E-state index in [1.807, 2.05) is 36.4 Å². The van der Waals surface area contributed by atoms with Crippen LogP contribution >= 0.6 is 27.3 Å². The van der Waals surface area contributed by atoms with E-state index in [0.717, 1.165) is 14.2 Å². The van der Waals surface area contributed by atoms with Crippen LogP contribution in [0.4, 0.5) is 5.69 Å². The van der Waals surface area contributed by atoms with E-state index in [1.165, 1.54) is 6.08 Å². The SMILES string of the molecule is Cn1nnnc1-c1cccc(NC(=O)/C=C/c2ccc(Br)s2)c1. The summed E-state index contributed by atoms with van der Waals surface area (Å²) in [5, 5.41) is 14.2. The first-order chi connectivity index (χ1) is 11.1. The molecule has 6 nitrogen and oxygen atoms in total. The van der Waals surface area contributed by atoms with E-state index >= 15 is 0 Å². The highest BCUT2D eigenvalue weighted by atomic mass is 79.9. The number of nitrogens with zero attached hydrogens (tertiary/aromatic N) is 4. The fraction of sp³-hybridized carbons (Fsp3) is 0.0667. The molecule has 1 aromatic carbocycles. The molecule has 0 saturated carbocycles. The summed E-state index contributed by atoms with van der Waals surface area (Å²) in [6.07, 6.45) is 3.29. The fourth-order valence-electron chi connectivity index (χ4n) is 1.97. The summed E-state index contributed by atoms with van der Waals surface area (Å²) in [6, 6.07) is 11.3. The first kappa shape index (κ1) is 15.6. The van der Waals surface area contributed by atoms with Crippen LogP contribution in [0.25, 0.3) is 17.5 Å². The lowest BCUT2D eigenvalue weighted by atomic mass is 10.2. The molecule has 0 saturated heterocycles. The van der Waals surface area contributed by atoms with Gasteiger partial charge in [0.1, 0.15) is 0 Å². The number of aromatic nitrogens is 4. The van der Waals surface area contributed by atoms with Gasteiger partial charge in [-0.3, -0.25) is 4.79 Å². The Morgan fingerprint density at radius 1 is 1.35 bits per heavy atom. The van der Waals surface area contributed by atoms with Crippen LogP contribution in [0, 0.1) is 0 Å². The number of halogens is 1. The maximum absolute atomic E-state index is 12.0. The Balaban J connectivity index is 1.72. The zero-order valence-corrected chi connectivity index (χ0v) is 14.5. The number of hydrogen-bond donors (Lipinski definition) is 1. The molecule has 0 atom stereocenters. The summed E-state index contributed by atoms with van der Waals surface area (Å²) in [5.74, 6) is 0.447. The van der Waals surface area contributed by atoms with Gasteiger partial charge in [-0.25, -0.2) is 4.68 Å². The molecular formula is C15H12BrN5OS. The number of amides is 1. The van der Waals surface area contributed by atoms with Crippen LogP contribution in [0.5, 0.6) is 0 Å². The molecule has 0 aliphatic carbocycles. The molecule has 116 valence electrons. The van der Waals surface area contributed by atoms with E-state index in [4.69, 9.17) is 0 Å². The third-order valence-corrected chi connectivity index (χ3v) is 4.59. The van der Waals surface area contributed by atoms with E-state index in [-0.39, 0.29) is 5.91 Å². The molecule has 8 heteroatoms. The summed E-state index contributed by atoms with van der Waals surface area (Å²) in [4.78, 5) is 13.0. The van der Waals surface area contributed by atoms with Crippen LogP contribution in [-0.4, -0.2) is 26.1 Å². The molecule has 0 spiro atoms. The second-order valence-corrected chi connectivity index (χ2v) is 7.17. The van der Waals surface area contributed by atoms with Gasteiger partial charge in [0.15, 0.2) is 5.82 Å².